The van der Waals surface area contributed by atoms with Gasteiger partial charge in [0.25, 0.3) is 0 Å². The predicted octanol–water partition coefficient (Wildman–Crippen LogP) is 4.22. The maximum Gasteiger partial charge on any atom is 0.129 e. The zero-order valence-electron chi connectivity index (χ0n) is 11.1. The molecule has 1 N–H and O–H groups in total. The van der Waals surface area contributed by atoms with Crippen molar-refractivity contribution < 1.29 is 4.39 Å². The Balaban J connectivity index is 2.43. The van der Waals surface area contributed by atoms with Crippen LogP contribution in [0.4, 0.5) is 4.39 Å². The minimum Gasteiger partial charge on any atom is -0.307 e. The van der Waals surface area contributed by atoms with Gasteiger partial charge in [0.1, 0.15) is 10.8 Å². The van der Waals surface area contributed by atoms with Crippen LogP contribution in [0.15, 0.2) is 22.7 Å². The molecule has 0 fully saturated rings. The van der Waals surface area contributed by atoms with Gasteiger partial charge in [0, 0.05) is 14.9 Å². The van der Waals surface area contributed by atoms with Gasteiger partial charge in [0.2, 0.25) is 0 Å². The molecule has 0 bridgehead atoms. The number of aromatic nitrogens is 1. The molecule has 0 radical (unpaired) electrons. The number of hydrogen-bond donors (Lipinski definition) is 1. The molecule has 1 aromatic carbocycles. The SMILES string of the molecule is CCc1nc(C(NC)c2ccc(Br)cc2F)sc1C. The van der Waals surface area contributed by atoms with Crippen LogP contribution in [0.1, 0.15) is 34.1 Å². The van der Waals surface area contributed by atoms with Gasteiger partial charge < -0.3 is 5.32 Å². The fraction of sp³-hybridized carbons (Fsp3) is 0.357. The molecular formula is C14H16BrFN2S. The highest BCUT2D eigenvalue weighted by Gasteiger charge is 2.20. The molecule has 0 saturated carbocycles. The average molecular weight is 343 g/mol. The molecule has 0 saturated heterocycles. The van der Waals surface area contributed by atoms with Crippen molar-refractivity contribution in [2.45, 2.75) is 26.3 Å². The van der Waals surface area contributed by atoms with Crippen molar-refractivity contribution in [3.05, 3.63) is 49.6 Å². The van der Waals surface area contributed by atoms with Gasteiger partial charge in [-0.3, -0.25) is 0 Å². The summed E-state index contributed by atoms with van der Waals surface area (Å²) < 4.78 is 14.8. The smallest absolute Gasteiger partial charge is 0.129 e. The van der Waals surface area contributed by atoms with E-state index in [1.165, 1.54) is 10.9 Å². The van der Waals surface area contributed by atoms with Crippen molar-refractivity contribution in [3.8, 4) is 0 Å². The lowest BCUT2D eigenvalue weighted by Gasteiger charge is -2.15. The van der Waals surface area contributed by atoms with Crippen molar-refractivity contribution in [2.75, 3.05) is 7.05 Å². The van der Waals surface area contributed by atoms with Gasteiger partial charge in [-0.1, -0.05) is 28.9 Å². The summed E-state index contributed by atoms with van der Waals surface area (Å²) in [5, 5.41) is 4.07. The van der Waals surface area contributed by atoms with E-state index in [9.17, 15) is 4.39 Å². The summed E-state index contributed by atoms with van der Waals surface area (Å²) in [6.45, 7) is 4.14. The number of thiazole rings is 1. The van der Waals surface area contributed by atoms with Crippen LogP contribution in [-0.4, -0.2) is 12.0 Å². The molecule has 1 atom stereocenters. The van der Waals surface area contributed by atoms with Crippen LogP contribution in [0.25, 0.3) is 0 Å². The lowest BCUT2D eigenvalue weighted by Crippen LogP contribution is -2.18. The summed E-state index contributed by atoms with van der Waals surface area (Å²) in [5.74, 6) is -0.223. The summed E-state index contributed by atoms with van der Waals surface area (Å²) in [7, 11) is 1.83. The van der Waals surface area contributed by atoms with Crippen molar-refractivity contribution in [2.24, 2.45) is 0 Å². The minimum absolute atomic E-state index is 0.197. The van der Waals surface area contributed by atoms with E-state index in [2.05, 4.69) is 40.1 Å². The number of nitrogens with one attached hydrogen (secondary N) is 1. The minimum atomic E-state index is -0.223. The summed E-state index contributed by atoms with van der Waals surface area (Å²) >= 11 is 4.90. The van der Waals surface area contributed by atoms with E-state index >= 15 is 0 Å². The van der Waals surface area contributed by atoms with E-state index in [1.807, 2.05) is 13.1 Å². The summed E-state index contributed by atoms with van der Waals surface area (Å²) in [6.07, 6.45) is 0.904. The summed E-state index contributed by atoms with van der Waals surface area (Å²) in [4.78, 5) is 5.82. The zero-order valence-corrected chi connectivity index (χ0v) is 13.5. The Morgan fingerprint density at radius 2 is 2.21 bits per heavy atom. The third kappa shape index (κ3) is 3.04. The van der Waals surface area contributed by atoms with E-state index < -0.39 is 0 Å². The molecule has 2 rings (SSSR count). The van der Waals surface area contributed by atoms with Gasteiger partial charge in [-0.05, 0) is 32.5 Å². The molecule has 2 nitrogen and oxygen atoms in total. The van der Waals surface area contributed by atoms with Crippen LogP contribution in [0.5, 0.6) is 0 Å². The Morgan fingerprint density at radius 3 is 2.74 bits per heavy atom. The Morgan fingerprint density at radius 1 is 1.47 bits per heavy atom. The molecule has 0 aliphatic carbocycles. The number of rotatable bonds is 4. The average Bonchev–Trinajstić information content (AvgIpc) is 2.74. The molecular weight excluding hydrogens is 327 g/mol. The molecule has 1 aromatic heterocycles. The molecule has 0 aliphatic heterocycles. The normalized spacial score (nSPS) is 12.7. The molecule has 2 aromatic rings. The van der Waals surface area contributed by atoms with Gasteiger partial charge in [-0.2, -0.15) is 0 Å². The molecule has 19 heavy (non-hydrogen) atoms. The first-order chi connectivity index (χ1) is 9.06. The maximum atomic E-state index is 14.1. The van der Waals surface area contributed by atoms with Crippen molar-refractivity contribution in [3.63, 3.8) is 0 Å². The van der Waals surface area contributed by atoms with Gasteiger partial charge in [0.05, 0.1) is 11.7 Å². The first kappa shape index (κ1) is 14.6. The van der Waals surface area contributed by atoms with Crippen molar-refractivity contribution in [1.29, 1.82) is 0 Å². The van der Waals surface area contributed by atoms with Crippen molar-refractivity contribution >= 4 is 27.3 Å². The maximum absolute atomic E-state index is 14.1. The van der Waals surface area contributed by atoms with Gasteiger partial charge in [-0.15, -0.1) is 11.3 Å². The van der Waals surface area contributed by atoms with Crippen LogP contribution in [0.2, 0.25) is 0 Å². The summed E-state index contributed by atoms with van der Waals surface area (Å²) in [6, 6.07) is 4.94. The second kappa shape index (κ2) is 6.11. The zero-order chi connectivity index (χ0) is 14.0. The molecule has 5 heteroatoms. The monoisotopic (exact) mass is 342 g/mol. The largest absolute Gasteiger partial charge is 0.307 e. The fourth-order valence-corrected chi connectivity index (χ4v) is 3.52. The Labute approximate surface area is 125 Å². The molecule has 1 heterocycles. The second-order valence-electron chi connectivity index (χ2n) is 4.30. The Kier molecular flexibility index (Phi) is 4.71. The van der Waals surface area contributed by atoms with Crippen LogP contribution in [0, 0.1) is 12.7 Å². The van der Waals surface area contributed by atoms with Gasteiger partial charge in [-0.25, -0.2) is 9.37 Å². The Hall–Kier alpha value is -0.780. The standard InChI is InChI=1S/C14H16BrFN2S/c1-4-12-8(2)19-14(18-12)13(17-3)10-6-5-9(15)7-11(10)16/h5-7,13,17H,4H2,1-3H3. The van der Waals surface area contributed by atoms with E-state index in [0.717, 1.165) is 21.6 Å². The second-order valence-corrected chi connectivity index (χ2v) is 6.45. The first-order valence-corrected chi connectivity index (χ1v) is 7.76. The van der Waals surface area contributed by atoms with E-state index in [4.69, 9.17) is 0 Å². The van der Waals surface area contributed by atoms with Crippen LogP contribution in [0.3, 0.4) is 0 Å². The highest BCUT2D eigenvalue weighted by Crippen LogP contribution is 2.30. The third-order valence-corrected chi connectivity index (χ3v) is 4.62. The molecule has 1 unspecified atom stereocenters. The predicted molar refractivity (Wildman–Crippen MR) is 81.2 cm³/mol. The lowest BCUT2D eigenvalue weighted by atomic mass is 10.1. The molecule has 0 amide bonds. The number of aryl methyl sites for hydroxylation is 2. The Bertz CT molecular complexity index is 583. The van der Waals surface area contributed by atoms with Crippen LogP contribution in [-0.2, 0) is 6.42 Å². The lowest BCUT2D eigenvalue weighted by molar-refractivity contribution is 0.574. The van der Waals surface area contributed by atoms with E-state index in [0.29, 0.717) is 5.56 Å². The van der Waals surface area contributed by atoms with Crippen LogP contribution < -0.4 is 5.32 Å². The quantitative estimate of drug-likeness (QED) is 0.899. The van der Waals surface area contributed by atoms with Gasteiger partial charge >= 0.3 is 0 Å². The number of halogens is 2. The van der Waals surface area contributed by atoms with Crippen LogP contribution >= 0.6 is 27.3 Å². The molecule has 102 valence electrons. The molecule has 0 spiro atoms. The number of benzene rings is 1. The van der Waals surface area contributed by atoms with Gasteiger partial charge in [0.15, 0.2) is 0 Å². The molecule has 0 aliphatic rings. The third-order valence-electron chi connectivity index (χ3n) is 3.05. The highest BCUT2D eigenvalue weighted by molar-refractivity contribution is 9.10. The van der Waals surface area contributed by atoms with E-state index in [1.54, 1.807) is 17.4 Å². The van der Waals surface area contributed by atoms with Crippen molar-refractivity contribution in [1.82, 2.24) is 10.3 Å². The van der Waals surface area contributed by atoms with E-state index in [-0.39, 0.29) is 11.9 Å². The highest BCUT2D eigenvalue weighted by atomic mass is 79.9. The first-order valence-electron chi connectivity index (χ1n) is 6.15. The fourth-order valence-electron chi connectivity index (χ4n) is 2.05. The number of nitrogens with zero attached hydrogens (tertiary/aromatic N) is 1. The summed E-state index contributed by atoms with van der Waals surface area (Å²) in [5.41, 5.74) is 1.72. The topological polar surface area (TPSA) is 24.9 Å². The number of hydrogen-bond acceptors (Lipinski definition) is 3.